The molecule has 9 nitrogen and oxygen atoms in total. The van der Waals surface area contributed by atoms with Gasteiger partial charge >= 0.3 is 11.7 Å². The Hall–Kier alpha value is -3.98. The minimum absolute atomic E-state index is 0.171. The van der Waals surface area contributed by atoms with Crippen molar-refractivity contribution in [2.75, 3.05) is 13.7 Å². The fraction of sp³-hybridized carbons (Fsp3) is 0.280. The Morgan fingerprint density at radius 1 is 1.12 bits per heavy atom. The number of nitrogens with zero attached hydrogens (tertiary/aromatic N) is 4. The molecule has 4 aromatic rings. The summed E-state index contributed by atoms with van der Waals surface area (Å²) in [6.45, 7) is 1.01. The molecule has 3 heterocycles. The van der Waals surface area contributed by atoms with Crippen molar-refractivity contribution < 1.29 is 14.3 Å². The van der Waals surface area contributed by atoms with Crippen LogP contribution in [0.3, 0.4) is 0 Å². The van der Waals surface area contributed by atoms with Crippen molar-refractivity contribution in [3.8, 4) is 5.69 Å². The topological polar surface area (TPSA) is 97.4 Å². The van der Waals surface area contributed by atoms with E-state index in [9.17, 15) is 14.4 Å². The normalized spacial score (nSPS) is 15.6. The van der Waals surface area contributed by atoms with Gasteiger partial charge in [-0.25, -0.2) is 19.1 Å². The Labute approximate surface area is 194 Å². The van der Waals surface area contributed by atoms with E-state index in [4.69, 9.17) is 9.47 Å². The molecule has 9 heteroatoms. The third-order valence-corrected chi connectivity index (χ3v) is 6.09. The maximum Gasteiger partial charge on any atom is 0.338 e. The van der Waals surface area contributed by atoms with Gasteiger partial charge in [0.2, 0.25) is 0 Å². The first-order valence-electron chi connectivity index (χ1n) is 11.1. The molecule has 1 aliphatic heterocycles. The number of ether oxygens (including phenoxy) is 2. The molecule has 0 saturated carbocycles. The van der Waals surface area contributed by atoms with E-state index in [0.29, 0.717) is 23.4 Å². The third-order valence-electron chi connectivity index (χ3n) is 6.09. The second-order valence-corrected chi connectivity index (χ2v) is 8.20. The SMILES string of the molecule is COC(=O)c1ccccc1Cn1cnc2c1c(=O)n(CC1CCCO1)c(=O)n2-c1ccccc1. The maximum atomic E-state index is 13.6. The fourth-order valence-corrected chi connectivity index (χ4v) is 4.41. The zero-order valence-electron chi connectivity index (χ0n) is 18.7. The number of methoxy groups -OCH3 is 1. The predicted molar refractivity (Wildman–Crippen MR) is 125 cm³/mol. The van der Waals surface area contributed by atoms with Crippen LogP contribution in [0.4, 0.5) is 0 Å². The minimum Gasteiger partial charge on any atom is -0.465 e. The Morgan fingerprint density at radius 2 is 1.88 bits per heavy atom. The number of rotatable bonds is 6. The summed E-state index contributed by atoms with van der Waals surface area (Å²) in [5.74, 6) is -0.461. The van der Waals surface area contributed by atoms with Gasteiger partial charge in [0.15, 0.2) is 11.2 Å². The average Bonchev–Trinajstić information content (AvgIpc) is 3.53. The summed E-state index contributed by atoms with van der Waals surface area (Å²) >= 11 is 0. The van der Waals surface area contributed by atoms with Gasteiger partial charge in [-0.2, -0.15) is 0 Å². The maximum absolute atomic E-state index is 13.6. The molecule has 1 fully saturated rings. The number of imidazole rings is 1. The van der Waals surface area contributed by atoms with Crippen molar-refractivity contribution >= 4 is 17.1 Å². The summed E-state index contributed by atoms with van der Waals surface area (Å²) in [4.78, 5) is 43.8. The lowest BCUT2D eigenvalue weighted by Gasteiger charge is -2.15. The van der Waals surface area contributed by atoms with Crippen molar-refractivity contribution in [1.82, 2.24) is 18.7 Å². The number of hydrogen-bond acceptors (Lipinski definition) is 6. The number of fused-ring (bicyclic) bond motifs is 1. The van der Waals surface area contributed by atoms with Crippen LogP contribution in [0, 0.1) is 0 Å². The molecule has 0 bridgehead atoms. The highest BCUT2D eigenvalue weighted by Gasteiger charge is 2.24. The van der Waals surface area contributed by atoms with Gasteiger partial charge in [-0.3, -0.25) is 9.36 Å². The highest BCUT2D eigenvalue weighted by atomic mass is 16.5. The number of benzene rings is 2. The largest absolute Gasteiger partial charge is 0.465 e. The molecule has 2 aromatic carbocycles. The van der Waals surface area contributed by atoms with Crippen LogP contribution >= 0.6 is 0 Å². The molecular weight excluding hydrogens is 436 g/mol. The first-order valence-corrected chi connectivity index (χ1v) is 11.1. The average molecular weight is 460 g/mol. The highest BCUT2D eigenvalue weighted by Crippen LogP contribution is 2.18. The van der Waals surface area contributed by atoms with Crippen LogP contribution < -0.4 is 11.2 Å². The lowest BCUT2D eigenvalue weighted by Crippen LogP contribution is -2.42. The van der Waals surface area contributed by atoms with Gasteiger partial charge in [-0.15, -0.1) is 0 Å². The lowest BCUT2D eigenvalue weighted by atomic mass is 10.1. The summed E-state index contributed by atoms with van der Waals surface area (Å²) in [6.07, 6.45) is 3.02. The molecule has 34 heavy (non-hydrogen) atoms. The van der Waals surface area contributed by atoms with E-state index in [-0.39, 0.29) is 30.4 Å². The Kier molecular flexibility index (Phi) is 5.85. The van der Waals surface area contributed by atoms with Crippen LogP contribution in [0.15, 0.2) is 70.5 Å². The number of carbonyl (C=O) groups excluding carboxylic acids is 1. The lowest BCUT2D eigenvalue weighted by molar-refractivity contribution is 0.0599. The van der Waals surface area contributed by atoms with E-state index in [1.165, 1.54) is 22.6 Å². The quantitative estimate of drug-likeness (QED) is 0.410. The second kappa shape index (κ2) is 9.11. The van der Waals surface area contributed by atoms with E-state index >= 15 is 0 Å². The number of para-hydroxylation sites is 1. The molecule has 174 valence electrons. The van der Waals surface area contributed by atoms with E-state index in [0.717, 1.165) is 12.8 Å². The molecule has 0 N–H and O–H groups in total. The van der Waals surface area contributed by atoms with Crippen LogP contribution in [0.2, 0.25) is 0 Å². The molecule has 2 aromatic heterocycles. The molecule has 1 atom stereocenters. The fourth-order valence-electron chi connectivity index (χ4n) is 4.41. The smallest absolute Gasteiger partial charge is 0.338 e. The Bertz CT molecular complexity index is 1460. The zero-order chi connectivity index (χ0) is 23.7. The number of aromatic nitrogens is 4. The standard InChI is InChI=1S/C25H24N4O5/c1-33-24(31)20-12-6-5-8-17(20)14-27-16-26-22-21(27)23(30)28(15-19-11-7-13-34-19)25(32)29(22)18-9-3-2-4-10-18/h2-6,8-10,12,16,19H,7,11,13-15H2,1H3. The van der Waals surface area contributed by atoms with E-state index < -0.39 is 17.2 Å². The van der Waals surface area contributed by atoms with Gasteiger partial charge in [0, 0.05) is 6.61 Å². The van der Waals surface area contributed by atoms with Crippen LogP contribution in [0.25, 0.3) is 16.9 Å². The number of esters is 1. The van der Waals surface area contributed by atoms with E-state index in [1.54, 1.807) is 34.9 Å². The van der Waals surface area contributed by atoms with E-state index in [1.807, 2.05) is 24.3 Å². The van der Waals surface area contributed by atoms with Gasteiger partial charge in [-0.05, 0) is 36.6 Å². The van der Waals surface area contributed by atoms with E-state index in [2.05, 4.69) is 4.98 Å². The van der Waals surface area contributed by atoms with Gasteiger partial charge in [0.1, 0.15) is 0 Å². The number of carbonyl (C=O) groups is 1. The molecule has 0 radical (unpaired) electrons. The van der Waals surface area contributed by atoms with Crippen molar-refractivity contribution in [3.05, 3.63) is 92.9 Å². The Balaban J connectivity index is 1.71. The molecule has 1 unspecified atom stereocenters. The van der Waals surface area contributed by atoms with Gasteiger partial charge in [-0.1, -0.05) is 36.4 Å². The van der Waals surface area contributed by atoms with Crippen LogP contribution in [0.1, 0.15) is 28.8 Å². The van der Waals surface area contributed by atoms with Gasteiger partial charge < -0.3 is 14.0 Å². The summed E-state index contributed by atoms with van der Waals surface area (Å²) in [5.41, 5.74) is 1.34. The van der Waals surface area contributed by atoms with Gasteiger partial charge in [0.25, 0.3) is 5.56 Å². The first kappa shape index (κ1) is 21.8. The number of hydrogen-bond donors (Lipinski definition) is 0. The molecule has 1 saturated heterocycles. The highest BCUT2D eigenvalue weighted by molar-refractivity contribution is 5.91. The van der Waals surface area contributed by atoms with Crippen molar-refractivity contribution in [2.24, 2.45) is 0 Å². The molecule has 0 aliphatic carbocycles. The molecular formula is C25H24N4O5. The Morgan fingerprint density at radius 3 is 2.62 bits per heavy atom. The van der Waals surface area contributed by atoms with Crippen LogP contribution in [-0.2, 0) is 22.6 Å². The van der Waals surface area contributed by atoms with Crippen LogP contribution in [0.5, 0.6) is 0 Å². The first-order chi connectivity index (χ1) is 16.6. The van der Waals surface area contributed by atoms with Crippen molar-refractivity contribution in [1.29, 1.82) is 0 Å². The molecule has 5 rings (SSSR count). The van der Waals surface area contributed by atoms with Crippen molar-refractivity contribution in [3.63, 3.8) is 0 Å². The molecule has 1 aliphatic rings. The van der Waals surface area contributed by atoms with Crippen LogP contribution in [-0.4, -0.2) is 44.5 Å². The summed E-state index contributed by atoms with van der Waals surface area (Å²) in [7, 11) is 1.33. The minimum atomic E-state index is -0.461. The monoisotopic (exact) mass is 460 g/mol. The summed E-state index contributed by atoms with van der Waals surface area (Å²) < 4.78 is 15.0. The summed E-state index contributed by atoms with van der Waals surface area (Å²) in [6, 6.07) is 16.2. The predicted octanol–water partition coefficient (Wildman–Crippen LogP) is 2.36. The molecule has 0 amide bonds. The van der Waals surface area contributed by atoms with Gasteiger partial charge in [0.05, 0.1) is 43.9 Å². The summed E-state index contributed by atoms with van der Waals surface area (Å²) in [5, 5.41) is 0. The second-order valence-electron chi connectivity index (χ2n) is 8.20. The third kappa shape index (κ3) is 3.84. The zero-order valence-corrected chi connectivity index (χ0v) is 18.7. The molecule has 0 spiro atoms. The van der Waals surface area contributed by atoms with Crippen molar-refractivity contribution in [2.45, 2.75) is 32.0 Å².